The monoisotopic (exact) mass is 188 g/mol. The van der Waals surface area contributed by atoms with Crippen LogP contribution in [0.1, 0.15) is 22.3 Å². The Kier molecular flexibility index (Phi) is 1.80. The van der Waals surface area contributed by atoms with Gasteiger partial charge in [0.25, 0.3) is 0 Å². The van der Waals surface area contributed by atoms with E-state index in [0.717, 1.165) is 11.1 Å². The van der Waals surface area contributed by atoms with Crippen molar-refractivity contribution in [1.82, 2.24) is 0 Å². The van der Waals surface area contributed by atoms with Crippen LogP contribution in [0.5, 0.6) is 0 Å². The molecule has 0 amide bonds. The van der Waals surface area contributed by atoms with Gasteiger partial charge in [0, 0.05) is 11.1 Å². The van der Waals surface area contributed by atoms with Crippen molar-refractivity contribution in [3.8, 4) is 0 Å². The van der Waals surface area contributed by atoms with Crippen molar-refractivity contribution in [3.63, 3.8) is 0 Å². The van der Waals surface area contributed by atoms with E-state index >= 15 is 0 Å². The summed E-state index contributed by atoms with van der Waals surface area (Å²) in [6, 6.07) is 7.70. The van der Waals surface area contributed by atoms with Crippen LogP contribution in [0.25, 0.3) is 0 Å². The van der Waals surface area contributed by atoms with Crippen molar-refractivity contribution in [2.24, 2.45) is 0 Å². The lowest BCUT2D eigenvalue weighted by molar-refractivity contribution is 0.110. The van der Waals surface area contributed by atoms with Crippen molar-refractivity contribution in [2.45, 2.75) is 11.1 Å². The van der Waals surface area contributed by atoms with E-state index in [-0.39, 0.29) is 11.1 Å². The lowest BCUT2D eigenvalue weighted by Crippen LogP contribution is -1.83. The fourth-order valence-corrected chi connectivity index (χ4v) is 1.83. The van der Waals surface area contributed by atoms with Gasteiger partial charge in [-0.05, 0) is 0 Å². The Morgan fingerprint density at radius 1 is 1.00 bits per heavy atom. The van der Waals surface area contributed by atoms with Gasteiger partial charge in [-0.3, -0.25) is 0 Å². The second-order valence-corrected chi connectivity index (χ2v) is 3.19. The summed E-state index contributed by atoms with van der Waals surface area (Å²) in [6.07, 6.45) is 0. The summed E-state index contributed by atoms with van der Waals surface area (Å²) in [5.74, 6) is 0. The molecular formula is C8H6Cl2O. The largest absolute Gasteiger partial charge is 0.335 e. The predicted molar refractivity (Wildman–Crippen MR) is 44.7 cm³/mol. The van der Waals surface area contributed by atoms with Crippen LogP contribution in [0.2, 0.25) is 0 Å². The quantitative estimate of drug-likeness (QED) is 0.569. The minimum atomic E-state index is -0.381. The summed E-state index contributed by atoms with van der Waals surface area (Å²) >= 11 is 11.7. The molecule has 1 nitrogen and oxygen atoms in total. The number of benzene rings is 1. The highest BCUT2D eigenvalue weighted by atomic mass is 35.5. The van der Waals surface area contributed by atoms with Gasteiger partial charge in [0.1, 0.15) is 0 Å². The topological polar surface area (TPSA) is 9.23 Å². The lowest BCUT2D eigenvalue weighted by Gasteiger charge is -1.99. The molecular weight excluding hydrogens is 183 g/mol. The van der Waals surface area contributed by atoms with Gasteiger partial charge in [-0.2, -0.15) is 0 Å². The SMILES string of the molecule is ClC1OC(Cl)c2ccccc21. The molecule has 0 fully saturated rings. The maximum Gasteiger partial charge on any atom is 0.159 e. The third kappa shape index (κ3) is 1.13. The van der Waals surface area contributed by atoms with Crippen LogP contribution < -0.4 is 0 Å². The molecule has 0 saturated heterocycles. The molecule has 1 heterocycles. The van der Waals surface area contributed by atoms with Gasteiger partial charge < -0.3 is 4.74 Å². The summed E-state index contributed by atoms with van der Waals surface area (Å²) in [7, 11) is 0. The number of hydrogen-bond acceptors (Lipinski definition) is 1. The molecule has 1 aliphatic heterocycles. The molecule has 1 aromatic rings. The van der Waals surface area contributed by atoms with Crippen molar-refractivity contribution in [2.75, 3.05) is 0 Å². The maximum atomic E-state index is 5.83. The molecule has 2 unspecified atom stereocenters. The van der Waals surface area contributed by atoms with E-state index in [1.165, 1.54) is 0 Å². The normalized spacial score (nSPS) is 28.5. The van der Waals surface area contributed by atoms with Crippen molar-refractivity contribution in [3.05, 3.63) is 35.4 Å². The van der Waals surface area contributed by atoms with Gasteiger partial charge in [-0.25, -0.2) is 0 Å². The maximum absolute atomic E-state index is 5.83. The summed E-state index contributed by atoms with van der Waals surface area (Å²) < 4.78 is 5.16. The van der Waals surface area contributed by atoms with Crippen molar-refractivity contribution in [1.29, 1.82) is 0 Å². The van der Waals surface area contributed by atoms with Crippen molar-refractivity contribution >= 4 is 23.2 Å². The minimum Gasteiger partial charge on any atom is -0.335 e. The summed E-state index contributed by atoms with van der Waals surface area (Å²) in [5, 5.41) is 0. The Labute approximate surface area is 74.9 Å². The first-order chi connectivity index (χ1) is 5.29. The van der Waals surface area contributed by atoms with E-state index < -0.39 is 0 Å². The first kappa shape index (κ1) is 7.41. The zero-order valence-corrected chi connectivity index (χ0v) is 7.14. The van der Waals surface area contributed by atoms with Gasteiger partial charge in [-0.15, -0.1) is 0 Å². The first-order valence-electron chi connectivity index (χ1n) is 3.31. The second kappa shape index (κ2) is 2.67. The second-order valence-electron chi connectivity index (χ2n) is 2.40. The number of rotatable bonds is 0. The number of halogens is 2. The lowest BCUT2D eigenvalue weighted by atomic mass is 10.1. The van der Waals surface area contributed by atoms with E-state index in [1.54, 1.807) is 0 Å². The fraction of sp³-hybridized carbons (Fsp3) is 0.250. The standard InChI is InChI=1S/C8H6Cl2O/c9-7-5-3-1-2-4-6(5)8(10)11-7/h1-4,7-8H. The fourth-order valence-electron chi connectivity index (χ4n) is 1.18. The molecule has 11 heavy (non-hydrogen) atoms. The summed E-state index contributed by atoms with van der Waals surface area (Å²) in [5.41, 5.74) is 1.20. The third-order valence-corrected chi connectivity index (χ3v) is 2.40. The van der Waals surface area contributed by atoms with E-state index in [0.29, 0.717) is 0 Å². The Morgan fingerprint density at radius 2 is 1.45 bits per heavy atom. The molecule has 1 aliphatic rings. The van der Waals surface area contributed by atoms with Crippen LogP contribution in [-0.2, 0) is 4.74 Å². The third-order valence-electron chi connectivity index (χ3n) is 1.72. The van der Waals surface area contributed by atoms with Gasteiger partial charge in [-0.1, -0.05) is 47.5 Å². The molecule has 0 N–H and O–H groups in total. The molecule has 0 spiro atoms. The van der Waals surface area contributed by atoms with Crippen LogP contribution in [0.15, 0.2) is 24.3 Å². The van der Waals surface area contributed by atoms with Crippen molar-refractivity contribution < 1.29 is 4.74 Å². The van der Waals surface area contributed by atoms with Crippen LogP contribution in [0, 0.1) is 0 Å². The highest BCUT2D eigenvalue weighted by molar-refractivity contribution is 6.23. The van der Waals surface area contributed by atoms with Gasteiger partial charge in [0.05, 0.1) is 0 Å². The number of fused-ring (bicyclic) bond motifs is 1. The first-order valence-corrected chi connectivity index (χ1v) is 4.19. The van der Waals surface area contributed by atoms with E-state index in [1.807, 2.05) is 24.3 Å². The van der Waals surface area contributed by atoms with Gasteiger partial charge >= 0.3 is 0 Å². The van der Waals surface area contributed by atoms with Crippen LogP contribution in [-0.4, -0.2) is 0 Å². The van der Waals surface area contributed by atoms with Crippen LogP contribution >= 0.6 is 23.2 Å². The Balaban J connectivity index is 2.52. The number of alkyl halides is 2. The summed E-state index contributed by atoms with van der Waals surface area (Å²) in [4.78, 5) is 0. The highest BCUT2D eigenvalue weighted by Crippen LogP contribution is 2.42. The minimum absolute atomic E-state index is 0.381. The molecule has 0 aromatic heterocycles. The van der Waals surface area contributed by atoms with E-state index in [4.69, 9.17) is 27.9 Å². The molecule has 0 radical (unpaired) electrons. The summed E-state index contributed by atoms with van der Waals surface area (Å²) in [6.45, 7) is 0. The van der Waals surface area contributed by atoms with Gasteiger partial charge in [0.2, 0.25) is 0 Å². The number of ether oxygens (including phenoxy) is 1. The predicted octanol–water partition coefficient (Wildman–Crippen LogP) is 3.19. The van der Waals surface area contributed by atoms with E-state index in [2.05, 4.69) is 0 Å². The highest BCUT2D eigenvalue weighted by Gasteiger charge is 2.27. The Morgan fingerprint density at radius 3 is 1.91 bits per heavy atom. The smallest absolute Gasteiger partial charge is 0.159 e. The Hall–Kier alpha value is -0.240. The zero-order valence-electron chi connectivity index (χ0n) is 5.63. The van der Waals surface area contributed by atoms with E-state index in [9.17, 15) is 0 Å². The van der Waals surface area contributed by atoms with Gasteiger partial charge in [0.15, 0.2) is 11.1 Å². The van der Waals surface area contributed by atoms with Crippen LogP contribution in [0.4, 0.5) is 0 Å². The molecule has 3 heteroatoms. The molecule has 0 saturated carbocycles. The number of hydrogen-bond donors (Lipinski definition) is 0. The average molecular weight is 189 g/mol. The average Bonchev–Trinajstić information content (AvgIpc) is 2.30. The molecule has 0 bridgehead atoms. The molecule has 2 rings (SSSR count). The molecule has 58 valence electrons. The zero-order chi connectivity index (χ0) is 7.84. The Bertz CT molecular complexity index is 248. The molecule has 0 aliphatic carbocycles. The molecule has 1 aromatic carbocycles. The van der Waals surface area contributed by atoms with Crippen LogP contribution in [0.3, 0.4) is 0 Å². The molecule has 2 atom stereocenters.